The van der Waals surface area contributed by atoms with Crippen molar-refractivity contribution in [2.75, 3.05) is 13.7 Å². The van der Waals surface area contributed by atoms with E-state index >= 15 is 0 Å². The third-order valence-corrected chi connectivity index (χ3v) is 3.91. The van der Waals surface area contributed by atoms with Crippen LogP contribution in [0.1, 0.15) is 27.2 Å². The van der Waals surface area contributed by atoms with Crippen molar-refractivity contribution in [1.82, 2.24) is 15.1 Å². The first-order valence-corrected chi connectivity index (χ1v) is 7.03. The Morgan fingerprint density at radius 3 is 2.91 bits per heavy atom. The number of hydrogen-bond donors (Lipinski definition) is 0. The van der Waals surface area contributed by atoms with E-state index in [0.717, 1.165) is 11.1 Å². The minimum atomic E-state index is -0.405. The van der Waals surface area contributed by atoms with Crippen LogP contribution in [0.25, 0.3) is 0 Å². The Morgan fingerprint density at radius 2 is 2.18 bits per heavy atom. The Morgan fingerprint density at radius 1 is 1.36 bits per heavy atom. The predicted molar refractivity (Wildman–Crippen MR) is 78.2 cm³/mol. The molecule has 0 spiro atoms. The number of halogens is 1. The fourth-order valence-corrected chi connectivity index (χ4v) is 2.69. The van der Waals surface area contributed by atoms with Gasteiger partial charge in [0, 0.05) is 13.1 Å². The molecular weight excluding hydrogens is 285 g/mol. The monoisotopic (exact) mass is 301 g/mol. The van der Waals surface area contributed by atoms with Crippen molar-refractivity contribution in [2.24, 2.45) is 0 Å². The van der Waals surface area contributed by atoms with E-state index in [9.17, 15) is 9.18 Å². The molecule has 1 aromatic heterocycles. The van der Waals surface area contributed by atoms with Gasteiger partial charge in [0.1, 0.15) is 0 Å². The van der Waals surface area contributed by atoms with E-state index in [1.807, 2.05) is 0 Å². The molecule has 2 aromatic rings. The summed E-state index contributed by atoms with van der Waals surface area (Å²) in [6.45, 7) is 2.72. The van der Waals surface area contributed by atoms with Crippen molar-refractivity contribution < 1.29 is 13.9 Å². The average Bonchev–Trinajstić information content (AvgIpc) is 2.53. The number of amides is 1. The maximum absolute atomic E-state index is 13.8. The van der Waals surface area contributed by atoms with Gasteiger partial charge in [-0.2, -0.15) is 10.2 Å². The smallest absolute Gasteiger partial charge is 0.256 e. The largest absolute Gasteiger partial charge is 0.494 e. The highest BCUT2D eigenvalue weighted by atomic mass is 19.1. The predicted octanol–water partition coefficient (Wildman–Crippen LogP) is 2.13. The second kappa shape index (κ2) is 5.71. The van der Waals surface area contributed by atoms with Crippen LogP contribution in [0.3, 0.4) is 0 Å². The number of carbonyl (C=O) groups is 1. The molecule has 0 bridgehead atoms. The van der Waals surface area contributed by atoms with Gasteiger partial charge in [0.25, 0.3) is 5.91 Å². The average molecular weight is 301 g/mol. The molecular formula is C16H16FN3O2. The van der Waals surface area contributed by atoms with Crippen molar-refractivity contribution in [3.63, 3.8) is 0 Å². The molecule has 0 unspecified atom stereocenters. The maximum Gasteiger partial charge on any atom is 0.256 e. The normalized spacial score (nSPS) is 13.7. The Labute approximate surface area is 127 Å². The Hall–Kier alpha value is -2.50. The summed E-state index contributed by atoms with van der Waals surface area (Å²) < 4.78 is 18.8. The molecule has 0 atom stereocenters. The molecule has 0 radical (unpaired) electrons. The SMILES string of the molecule is COc1cc2c(cc1F)CN(C(=O)c1ccnnc1C)CC2. The standard InChI is InChI=1S/C16H16FN3O2/c1-10-13(3-5-18-19-10)16(21)20-6-4-11-8-15(22-2)14(17)7-12(11)9-20/h3,5,7-8H,4,6,9H2,1-2H3. The third-order valence-electron chi connectivity index (χ3n) is 3.91. The lowest BCUT2D eigenvalue weighted by Crippen LogP contribution is -2.36. The van der Waals surface area contributed by atoms with E-state index in [4.69, 9.17) is 4.74 Å². The minimum absolute atomic E-state index is 0.103. The Bertz CT molecular complexity index is 733. The zero-order valence-corrected chi connectivity index (χ0v) is 12.5. The van der Waals surface area contributed by atoms with Gasteiger partial charge in [0.2, 0.25) is 0 Å². The van der Waals surface area contributed by atoms with Crippen molar-refractivity contribution in [1.29, 1.82) is 0 Å². The van der Waals surface area contributed by atoms with Crippen LogP contribution in [0.5, 0.6) is 5.75 Å². The molecule has 1 aliphatic heterocycles. The van der Waals surface area contributed by atoms with Gasteiger partial charge >= 0.3 is 0 Å². The van der Waals surface area contributed by atoms with E-state index in [1.165, 1.54) is 19.4 Å². The van der Waals surface area contributed by atoms with Crippen LogP contribution >= 0.6 is 0 Å². The number of fused-ring (bicyclic) bond motifs is 1. The number of ether oxygens (including phenoxy) is 1. The second-order valence-corrected chi connectivity index (χ2v) is 5.26. The van der Waals surface area contributed by atoms with Gasteiger partial charge in [-0.15, -0.1) is 0 Å². The molecule has 0 fully saturated rings. The molecule has 0 saturated carbocycles. The number of nitrogens with zero attached hydrogens (tertiary/aromatic N) is 3. The first-order valence-electron chi connectivity index (χ1n) is 7.03. The molecule has 0 N–H and O–H groups in total. The molecule has 1 aromatic carbocycles. The lowest BCUT2D eigenvalue weighted by Gasteiger charge is -2.29. The lowest BCUT2D eigenvalue weighted by molar-refractivity contribution is 0.0733. The molecule has 6 heteroatoms. The summed E-state index contributed by atoms with van der Waals surface area (Å²) in [5.41, 5.74) is 2.97. The van der Waals surface area contributed by atoms with E-state index in [1.54, 1.807) is 24.0 Å². The van der Waals surface area contributed by atoms with E-state index < -0.39 is 5.82 Å². The zero-order chi connectivity index (χ0) is 15.7. The molecule has 3 rings (SSSR count). The summed E-state index contributed by atoms with van der Waals surface area (Å²) in [6, 6.07) is 4.83. The van der Waals surface area contributed by atoms with E-state index in [0.29, 0.717) is 30.8 Å². The number of aryl methyl sites for hydroxylation is 1. The summed E-state index contributed by atoms with van der Waals surface area (Å²) in [5.74, 6) is -0.265. The molecule has 0 aliphatic carbocycles. The van der Waals surface area contributed by atoms with Crippen LogP contribution in [-0.2, 0) is 13.0 Å². The summed E-state index contributed by atoms with van der Waals surface area (Å²) >= 11 is 0. The molecule has 2 heterocycles. The highest BCUT2D eigenvalue weighted by Crippen LogP contribution is 2.27. The van der Waals surface area contributed by atoms with Crippen LogP contribution < -0.4 is 4.74 Å². The van der Waals surface area contributed by atoms with Gasteiger partial charge in [-0.3, -0.25) is 4.79 Å². The molecule has 5 nitrogen and oxygen atoms in total. The molecule has 114 valence electrons. The number of hydrogen-bond acceptors (Lipinski definition) is 4. The molecule has 0 saturated heterocycles. The van der Waals surface area contributed by atoms with Gasteiger partial charge in [-0.25, -0.2) is 4.39 Å². The first kappa shape index (κ1) is 14.4. The van der Waals surface area contributed by atoms with Gasteiger partial charge in [-0.1, -0.05) is 0 Å². The lowest BCUT2D eigenvalue weighted by atomic mass is 9.98. The zero-order valence-electron chi connectivity index (χ0n) is 12.5. The van der Waals surface area contributed by atoms with Crippen LogP contribution in [0.4, 0.5) is 4.39 Å². The van der Waals surface area contributed by atoms with Crippen LogP contribution in [-0.4, -0.2) is 34.7 Å². The van der Waals surface area contributed by atoms with Gasteiger partial charge in [0.05, 0.1) is 24.6 Å². The highest BCUT2D eigenvalue weighted by molar-refractivity contribution is 5.95. The van der Waals surface area contributed by atoms with E-state index in [2.05, 4.69) is 10.2 Å². The van der Waals surface area contributed by atoms with Crippen LogP contribution in [0.15, 0.2) is 24.4 Å². The Kier molecular flexibility index (Phi) is 3.75. The fourth-order valence-electron chi connectivity index (χ4n) is 2.69. The minimum Gasteiger partial charge on any atom is -0.494 e. The van der Waals surface area contributed by atoms with Gasteiger partial charge < -0.3 is 9.64 Å². The molecule has 1 aliphatic rings. The van der Waals surface area contributed by atoms with E-state index in [-0.39, 0.29) is 11.7 Å². The quantitative estimate of drug-likeness (QED) is 0.852. The topological polar surface area (TPSA) is 55.3 Å². The summed E-state index contributed by atoms with van der Waals surface area (Å²) in [4.78, 5) is 14.3. The highest BCUT2D eigenvalue weighted by Gasteiger charge is 2.24. The number of aromatic nitrogens is 2. The van der Waals surface area contributed by atoms with Gasteiger partial charge in [0.15, 0.2) is 11.6 Å². The summed E-state index contributed by atoms with van der Waals surface area (Å²) in [5, 5.41) is 7.66. The summed E-state index contributed by atoms with van der Waals surface area (Å²) in [6.07, 6.45) is 2.18. The van der Waals surface area contributed by atoms with Crippen molar-refractivity contribution in [3.8, 4) is 5.75 Å². The number of rotatable bonds is 2. The van der Waals surface area contributed by atoms with Crippen molar-refractivity contribution in [2.45, 2.75) is 19.9 Å². The summed E-state index contributed by atoms with van der Waals surface area (Å²) in [7, 11) is 1.45. The molecule has 22 heavy (non-hydrogen) atoms. The number of methoxy groups -OCH3 is 1. The van der Waals surface area contributed by atoms with Gasteiger partial charge in [-0.05, 0) is 42.7 Å². The number of carbonyl (C=O) groups excluding carboxylic acids is 1. The maximum atomic E-state index is 13.8. The van der Waals surface area contributed by atoms with Crippen molar-refractivity contribution >= 4 is 5.91 Å². The third kappa shape index (κ3) is 2.52. The van der Waals surface area contributed by atoms with Crippen molar-refractivity contribution in [3.05, 3.63) is 52.6 Å². The first-order chi connectivity index (χ1) is 10.6. The Balaban J connectivity index is 1.87. The number of benzene rings is 1. The fraction of sp³-hybridized carbons (Fsp3) is 0.312. The second-order valence-electron chi connectivity index (χ2n) is 5.26. The van der Waals surface area contributed by atoms with Crippen LogP contribution in [0, 0.1) is 12.7 Å². The van der Waals surface area contributed by atoms with Crippen LogP contribution in [0.2, 0.25) is 0 Å². The molecule has 1 amide bonds.